The number of nitrogens with zero attached hydrogens (tertiary/aromatic N) is 2. The van der Waals surface area contributed by atoms with Gasteiger partial charge >= 0.3 is 0 Å². The van der Waals surface area contributed by atoms with Gasteiger partial charge in [-0.3, -0.25) is 0 Å². The van der Waals surface area contributed by atoms with Gasteiger partial charge in [0.15, 0.2) is 0 Å². The van der Waals surface area contributed by atoms with Crippen molar-refractivity contribution in [2.24, 2.45) is 0 Å². The summed E-state index contributed by atoms with van der Waals surface area (Å²) in [6.45, 7) is 10.4. The molecule has 1 heterocycles. The highest BCUT2D eigenvalue weighted by atomic mass is 19.1. The predicted octanol–water partition coefficient (Wildman–Crippen LogP) is 14.6. The summed E-state index contributed by atoms with van der Waals surface area (Å²) in [4.78, 5) is 4.40. The Hall–Kier alpha value is -6.86. The molecule has 1 N–H and O–H groups in total. The molecule has 1 aliphatic heterocycles. The summed E-state index contributed by atoms with van der Waals surface area (Å²) in [6, 6.07) is 56.4. The lowest BCUT2D eigenvalue weighted by Gasteiger charge is -2.36. The van der Waals surface area contributed by atoms with Gasteiger partial charge < -0.3 is 19.6 Å². The first kappa shape index (κ1) is 40.2. The molecule has 0 spiro atoms. The number of halogens is 2. The first-order chi connectivity index (χ1) is 30.5. The third-order valence-corrected chi connectivity index (χ3v) is 12.8. The fourth-order valence-corrected chi connectivity index (χ4v) is 9.34. The van der Waals surface area contributed by atoms with Gasteiger partial charge in [-0.25, -0.2) is 8.78 Å². The molecule has 0 aromatic heterocycles. The number of anilines is 6. The minimum atomic E-state index is -1.50. The number of aryl methyl sites for hydroxylation is 4. The average Bonchev–Trinajstić information content (AvgIpc) is 4.10. The van der Waals surface area contributed by atoms with Crippen molar-refractivity contribution in [3.63, 3.8) is 0 Å². The highest BCUT2D eigenvalue weighted by Crippen LogP contribution is 2.59. The van der Waals surface area contributed by atoms with Crippen molar-refractivity contribution >= 4 is 34.1 Å². The van der Waals surface area contributed by atoms with Crippen LogP contribution < -0.4 is 9.80 Å². The van der Waals surface area contributed by atoms with Gasteiger partial charge in [-0.1, -0.05) is 107 Å². The maximum atomic E-state index is 17.6. The fraction of sp³-hybridized carbons (Fsp3) is 0.158. The molecule has 8 aromatic carbocycles. The second-order valence-electron chi connectivity index (χ2n) is 17.2. The molecule has 10 rings (SSSR count). The lowest BCUT2D eigenvalue weighted by Crippen LogP contribution is -2.31. The third kappa shape index (κ3) is 7.10. The van der Waals surface area contributed by atoms with Gasteiger partial charge in [-0.2, -0.15) is 0 Å². The first-order valence-corrected chi connectivity index (χ1v) is 21.6. The van der Waals surface area contributed by atoms with Crippen LogP contribution in [0.1, 0.15) is 74.8 Å². The van der Waals surface area contributed by atoms with Crippen LogP contribution in [0.5, 0.6) is 0 Å². The molecule has 312 valence electrons. The standard InChI is InChI=1S/C57H48F2N2O2/c1-35-6-16-42(17-7-35)60(43-18-8-36(2)9-19-43)46-24-26-48-49-27-25-47(61(44-20-10-37(3)11-21-44)45-22-12-38(4)13-23-45)33-53(49)57(52(48)32-46,50-28-14-40(39(5)62)30-54(50)58)51-29-15-41(31-55(51)59)56-34-63-56/h6-33,39,56,62H,34H2,1-5H3. The summed E-state index contributed by atoms with van der Waals surface area (Å²) in [5.41, 5.74) is 13.5. The number of rotatable bonds is 10. The summed E-state index contributed by atoms with van der Waals surface area (Å²) in [7, 11) is 0. The lowest BCUT2D eigenvalue weighted by atomic mass is 9.66. The van der Waals surface area contributed by atoms with Crippen molar-refractivity contribution in [3.05, 3.63) is 237 Å². The normalized spacial score (nSPS) is 15.1. The van der Waals surface area contributed by atoms with Crippen LogP contribution in [0, 0.1) is 39.3 Å². The molecule has 1 fully saturated rings. The highest BCUT2D eigenvalue weighted by molar-refractivity contribution is 5.92. The van der Waals surface area contributed by atoms with E-state index in [9.17, 15) is 5.11 Å². The summed E-state index contributed by atoms with van der Waals surface area (Å²) >= 11 is 0. The van der Waals surface area contributed by atoms with Gasteiger partial charge in [-0.15, -0.1) is 0 Å². The molecule has 8 aromatic rings. The van der Waals surface area contributed by atoms with Gasteiger partial charge in [0.2, 0.25) is 0 Å². The summed E-state index contributed by atoms with van der Waals surface area (Å²) in [5, 5.41) is 10.7. The minimum Gasteiger partial charge on any atom is -0.389 e. The van der Waals surface area contributed by atoms with E-state index in [1.54, 1.807) is 25.1 Å². The molecular formula is C57H48F2N2O2. The Morgan fingerprint density at radius 1 is 0.476 bits per heavy atom. The van der Waals surface area contributed by atoms with Crippen LogP contribution in [0.2, 0.25) is 0 Å². The van der Waals surface area contributed by atoms with Crippen LogP contribution in [-0.4, -0.2) is 11.7 Å². The van der Waals surface area contributed by atoms with Crippen LogP contribution in [0.4, 0.5) is 42.9 Å². The maximum Gasteiger partial charge on any atom is 0.128 e. The van der Waals surface area contributed by atoms with Crippen molar-refractivity contribution in [3.8, 4) is 11.1 Å². The number of ether oxygens (including phenoxy) is 1. The van der Waals surface area contributed by atoms with Gasteiger partial charge in [0.1, 0.15) is 17.7 Å². The van der Waals surface area contributed by atoms with Crippen LogP contribution >= 0.6 is 0 Å². The molecule has 6 heteroatoms. The number of hydrogen-bond acceptors (Lipinski definition) is 4. The Kier molecular flexibility index (Phi) is 10.1. The maximum absolute atomic E-state index is 17.6. The molecule has 2 atom stereocenters. The second kappa shape index (κ2) is 15.8. The Bertz CT molecular complexity index is 2700. The quantitative estimate of drug-likeness (QED) is 0.139. The van der Waals surface area contributed by atoms with E-state index in [2.05, 4.69) is 171 Å². The zero-order valence-corrected chi connectivity index (χ0v) is 36.0. The zero-order valence-electron chi connectivity index (χ0n) is 36.0. The van der Waals surface area contributed by atoms with Crippen molar-refractivity contribution in [1.29, 1.82) is 0 Å². The van der Waals surface area contributed by atoms with E-state index in [-0.39, 0.29) is 11.7 Å². The number of benzene rings is 8. The predicted molar refractivity (Wildman–Crippen MR) is 251 cm³/mol. The topological polar surface area (TPSA) is 39.2 Å². The summed E-state index contributed by atoms with van der Waals surface area (Å²) in [5.74, 6) is -1.00. The minimum absolute atomic E-state index is 0.178. The first-order valence-electron chi connectivity index (χ1n) is 21.6. The molecule has 0 saturated carbocycles. The Morgan fingerprint density at radius 2 is 0.841 bits per heavy atom. The zero-order chi connectivity index (χ0) is 43.6. The molecule has 63 heavy (non-hydrogen) atoms. The van der Waals surface area contributed by atoms with E-state index in [0.29, 0.717) is 17.7 Å². The number of aliphatic hydroxyl groups excluding tert-OH is 1. The van der Waals surface area contributed by atoms with E-state index >= 15 is 8.78 Å². The van der Waals surface area contributed by atoms with E-state index in [0.717, 1.165) is 84.2 Å². The fourth-order valence-electron chi connectivity index (χ4n) is 9.34. The number of aliphatic hydroxyl groups is 1. The van der Waals surface area contributed by atoms with E-state index < -0.39 is 23.2 Å². The Balaban J connectivity index is 1.29. The van der Waals surface area contributed by atoms with Crippen LogP contribution in [0.15, 0.2) is 170 Å². The van der Waals surface area contributed by atoms with Crippen LogP contribution in [-0.2, 0) is 10.2 Å². The molecule has 4 nitrogen and oxygen atoms in total. The average molecular weight is 831 g/mol. The van der Waals surface area contributed by atoms with Crippen molar-refractivity contribution in [2.75, 3.05) is 16.4 Å². The molecule has 2 unspecified atom stereocenters. The molecular weight excluding hydrogens is 783 g/mol. The van der Waals surface area contributed by atoms with E-state index in [1.165, 1.54) is 6.07 Å². The van der Waals surface area contributed by atoms with E-state index in [1.807, 2.05) is 12.1 Å². The summed E-state index contributed by atoms with van der Waals surface area (Å²) in [6.07, 6.45) is -1.08. The molecule has 1 saturated heterocycles. The van der Waals surface area contributed by atoms with Crippen molar-refractivity contribution < 1.29 is 18.6 Å². The third-order valence-electron chi connectivity index (χ3n) is 12.8. The number of fused-ring (bicyclic) bond motifs is 3. The molecule has 2 aliphatic rings. The van der Waals surface area contributed by atoms with Gasteiger partial charge in [0.25, 0.3) is 0 Å². The van der Waals surface area contributed by atoms with Crippen LogP contribution in [0.3, 0.4) is 0 Å². The SMILES string of the molecule is Cc1ccc(N(c2ccc(C)cc2)c2ccc3c(c2)C(c2ccc(C(C)O)cc2F)(c2ccc(C4CO4)cc2F)c2cc(N(c4ccc(C)cc4)c4ccc(C)cc4)ccc2-3)cc1. The van der Waals surface area contributed by atoms with Gasteiger partial charge in [0, 0.05) is 45.3 Å². The highest BCUT2D eigenvalue weighted by Gasteiger charge is 2.50. The second-order valence-corrected chi connectivity index (χ2v) is 17.2. The summed E-state index contributed by atoms with van der Waals surface area (Å²) < 4.78 is 40.8. The van der Waals surface area contributed by atoms with Crippen LogP contribution in [0.25, 0.3) is 11.1 Å². The monoisotopic (exact) mass is 830 g/mol. The van der Waals surface area contributed by atoms with Crippen molar-refractivity contribution in [2.45, 2.75) is 52.2 Å². The number of hydrogen-bond donors (Lipinski definition) is 1. The molecule has 0 bridgehead atoms. The molecule has 1 aliphatic carbocycles. The van der Waals surface area contributed by atoms with E-state index in [4.69, 9.17) is 4.74 Å². The smallest absolute Gasteiger partial charge is 0.128 e. The van der Waals surface area contributed by atoms with Crippen molar-refractivity contribution in [1.82, 2.24) is 0 Å². The Morgan fingerprint density at radius 3 is 1.19 bits per heavy atom. The largest absolute Gasteiger partial charge is 0.389 e. The molecule has 0 radical (unpaired) electrons. The number of epoxide rings is 1. The Labute approximate surface area is 368 Å². The van der Waals surface area contributed by atoms with Gasteiger partial charge in [0.05, 0.1) is 18.1 Å². The van der Waals surface area contributed by atoms with Gasteiger partial charge in [-0.05, 0) is 153 Å². The molecule has 0 amide bonds. The lowest BCUT2D eigenvalue weighted by molar-refractivity contribution is 0.198.